The molecule has 0 saturated heterocycles. The van der Waals surface area contributed by atoms with Gasteiger partial charge in [-0.3, -0.25) is 4.79 Å². The van der Waals surface area contributed by atoms with Crippen LogP contribution in [0.25, 0.3) is 0 Å². The molecule has 7 saturated carbocycles. The van der Waals surface area contributed by atoms with E-state index >= 15 is 0 Å². The zero-order valence-corrected chi connectivity index (χ0v) is 17.2. The summed E-state index contributed by atoms with van der Waals surface area (Å²) in [5, 5.41) is 11.0. The van der Waals surface area contributed by atoms with Crippen molar-refractivity contribution < 1.29 is 14.6 Å². The lowest BCUT2D eigenvalue weighted by Crippen LogP contribution is -2.72. The van der Waals surface area contributed by atoms with Crippen LogP contribution in [0.4, 0.5) is 0 Å². The quantitative estimate of drug-likeness (QED) is 0.747. The summed E-state index contributed by atoms with van der Waals surface area (Å²) in [5.74, 6) is 4.48. The molecule has 7 fully saturated rings. The average Bonchev–Trinajstić information content (AvgIpc) is 2.57. The molecular weight excluding hydrogens is 324 g/mol. The van der Waals surface area contributed by atoms with Crippen molar-refractivity contribution >= 4 is 5.97 Å². The van der Waals surface area contributed by atoms with E-state index in [2.05, 4.69) is 20.8 Å². The Morgan fingerprint density at radius 3 is 1.65 bits per heavy atom. The summed E-state index contributed by atoms with van der Waals surface area (Å²) in [7, 11) is 0. The molecule has 0 spiro atoms. The van der Waals surface area contributed by atoms with Crippen LogP contribution >= 0.6 is 0 Å². The van der Waals surface area contributed by atoms with Gasteiger partial charge in [-0.25, -0.2) is 0 Å². The molecule has 1 N–H and O–H groups in total. The van der Waals surface area contributed by atoms with Gasteiger partial charge < -0.3 is 9.84 Å². The number of carbonyl (C=O) groups excluding carboxylic acids is 1. The third-order valence-corrected chi connectivity index (χ3v) is 10.1. The minimum Gasteiger partial charge on any atom is -0.459 e. The average molecular weight is 361 g/mol. The molecule has 0 amide bonds. The van der Waals surface area contributed by atoms with Crippen LogP contribution < -0.4 is 0 Å². The van der Waals surface area contributed by atoms with Crippen LogP contribution in [-0.2, 0) is 9.53 Å². The van der Waals surface area contributed by atoms with Crippen molar-refractivity contribution in [2.45, 2.75) is 90.8 Å². The van der Waals surface area contributed by atoms with Crippen molar-refractivity contribution in [3.05, 3.63) is 0 Å². The van der Waals surface area contributed by atoms with E-state index < -0.39 is 5.41 Å². The van der Waals surface area contributed by atoms with E-state index in [9.17, 15) is 9.90 Å². The van der Waals surface area contributed by atoms with Crippen LogP contribution in [0.1, 0.15) is 79.6 Å². The van der Waals surface area contributed by atoms with E-state index in [1.807, 2.05) is 13.8 Å². The molecule has 7 aliphatic carbocycles. The minimum absolute atomic E-state index is 0.0287. The van der Waals surface area contributed by atoms with Gasteiger partial charge in [0.2, 0.25) is 0 Å². The maximum absolute atomic E-state index is 12.9. The predicted molar refractivity (Wildman–Crippen MR) is 100 cm³/mol. The predicted octanol–water partition coefficient (Wildman–Crippen LogP) is 4.57. The second kappa shape index (κ2) is 4.88. The maximum Gasteiger partial charge on any atom is 0.312 e. The van der Waals surface area contributed by atoms with Gasteiger partial charge in [0, 0.05) is 5.41 Å². The molecule has 7 rings (SSSR count). The molecule has 26 heavy (non-hydrogen) atoms. The highest BCUT2D eigenvalue weighted by Gasteiger charge is 2.72. The van der Waals surface area contributed by atoms with Crippen LogP contribution in [0.2, 0.25) is 0 Å². The molecule has 3 nitrogen and oxygen atoms in total. The first-order chi connectivity index (χ1) is 12.0. The number of rotatable bonds is 4. The second-order valence-corrected chi connectivity index (χ2v) is 11.8. The Labute approximate surface area is 158 Å². The molecule has 3 heteroatoms. The normalized spacial score (nSPS) is 51.2. The monoisotopic (exact) mass is 360 g/mol. The maximum atomic E-state index is 12.9. The van der Waals surface area contributed by atoms with Crippen LogP contribution in [0.5, 0.6) is 0 Å². The fraction of sp³-hybridized carbons (Fsp3) is 0.957. The molecule has 8 bridgehead atoms. The number of ether oxygens (including phenoxy) is 1. The van der Waals surface area contributed by atoms with Gasteiger partial charge in [0.15, 0.2) is 0 Å². The van der Waals surface area contributed by atoms with Gasteiger partial charge in [-0.1, -0.05) is 6.92 Å². The highest BCUT2D eigenvalue weighted by Crippen LogP contribution is 2.76. The van der Waals surface area contributed by atoms with E-state index in [1.165, 1.54) is 19.3 Å². The summed E-state index contributed by atoms with van der Waals surface area (Å²) in [6.07, 6.45) is 7.58. The molecule has 146 valence electrons. The number of hydrogen-bond donors (Lipinski definition) is 1. The fourth-order valence-corrected chi connectivity index (χ4v) is 8.25. The highest BCUT2D eigenvalue weighted by molar-refractivity contribution is 5.76. The van der Waals surface area contributed by atoms with E-state index in [0.717, 1.165) is 61.2 Å². The van der Waals surface area contributed by atoms with Gasteiger partial charge in [-0.15, -0.1) is 0 Å². The molecule has 0 atom stereocenters. The summed E-state index contributed by atoms with van der Waals surface area (Å²) in [6, 6.07) is 0. The summed E-state index contributed by atoms with van der Waals surface area (Å²) < 4.78 is 6.28. The first kappa shape index (κ1) is 17.5. The molecule has 7 aliphatic rings. The smallest absolute Gasteiger partial charge is 0.312 e. The minimum atomic E-state index is -0.402. The summed E-state index contributed by atoms with van der Waals surface area (Å²) >= 11 is 0. The molecule has 0 heterocycles. The number of hydrogen-bond acceptors (Lipinski definition) is 3. The van der Waals surface area contributed by atoms with Crippen LogP contribution in [0.3, 0.4) is 0 Å². The van der Waals surface area contributed by atoms with Crippen molar-refractivity contribution in [3.63, 3.8) is 0 Å². The zero-order chi connectivity index (χ0) is 18.7. The van der Waals surface area contributed by atoms with Crippen molar-refractivity contribution in [1.82, 2.24) is 0 Å². The fourth-order valence-electron chi connectivity index (χ4n) is 8.25. The third kappa shape index (κ3) is 2.02. The van der Waals surface area contributed by atoms with Gasteiger partial charge in [0.05, 0.1) is 11.0 Å². The highest BCUT2D eigenvalue weighted by atomic mass is 16.6. The summed E-state index contributed by atoms with van der Waals surface area (Å²) in [5.41, 5.74) is -0.974. The molecular formula is C23H36O3. The van der Waals surface area contributed by atoms with Gasteiger partial charge in [-0.05, 0) is 108 Å². The Balaban J connectivity index is 1.45. The lowest BCUT2D eigenvalue weighted by Gasteiger charge is -2.75. The van der Waals surface area contributed by atoms with Crippen LogP contribution in [-0.4, -0.2) is 22.3 Å². The Morgan fingerprint density at radius 2 is 1.27 bits per heavy atom. The number of carbonyl (C=O) groups is 1. The van der Waals surface area contributed by atoms with Crippen molar-refractivity contribution in [2.24, 2.45) is 46.3 Å². The van der Waals surface area contributed by atoms with Crippen molar-refractivity contribution in [1.29, 1.82) is 0 Å². The molecule has 0 aliphatic heterocycles. The molecule has 0 aromatic heterocycles. The standard InChI is InChI=1S/C23H36O3/c1-6-20(2,3)19(24)26-21(4,5)22-7-13-16-10-23(25)11-17(13)15(9-22)18(12-23)14(16)8-22/h13-18,25H,6-12H2,1-5H3. The molecule has 0 aromatic carbocycles. The Kier molecular flexibility index (Phi) is 3.29. The summed E-state index contributed by atoms with van der Waals surface area (Å²) in [4.78, 5) is 12.9. The Hall–Kier alpha value is -0.570. The topological polar surface area (TPSA) is 46.5 Å². The van der Waals surface area contributed by atoms with E-state index in [0.29, 0.717) is 0 Å². The SMILES string of the molecule is CCC(C)(C)C(=O)OC(C)(C)C12CC3C4CC5(O)CC3C(C1)C(C5)C4C2. The van der Waals surface area contributed by atoms with Gasteiger partial charge >= 0.3 is 5.97 Å². The zero-order valence-electron chi connectivity index (χ0n) is 17.2. The number of esters is 1. The number of aliphatic hydroxyl groups is 1. The Morgan fingerprint density at radius 1 is 0.885 bits per heavy atom. The van der Waals surface area contributed by atoms with Gasteiger partial charge in [0.25, 0.3) is 0 Å². The van der Waals surface area contributed by atoms with E-state index in [4.69, 9.17) is 4.74 Å². The molecule has 0 aromatic rings. The van der Waals surface area contributed by atoms with Crippen LogP contribution in [0.15, 0.2) is 0 Å². The second-order valence-electron chi connectivity index (χ2n) is 11.8. The van der Waals surface area contributed by atoms with Gasteiger partial charge in [0.1, 0.15) is 5.60 Å². The first-order valence-corrected chi connectivity index (χ1v) is 11.0. The summed E-state index contributed by atoms with van der Waals surface area (Å²) in [6.45, 7) is 10.5. The third-order valence-electron chi connectivity index (χ3n) is 10.1. The molecule has 0 unspecified atom stereocenters. The molecule has 0 radical (unpaired) electrons. The first-order valence-electron chi connectivity index (χ1n) is 11.0. The van der Waals surface area contributed by atoms with Crippen LogP contribution in [0, 0.1) is 46.3 Å². The van der Waals surface area contributed by atoms with E-state index in [1.54, 1.807) is 0 Å². The van der Waals surface area contributed by atoms with Crippen molar-refractivity contribution in [2.75, 3.05) is 0 Å². The lowest BCUT2D eigenvalue weighted by atomic mass is 9.31. The lowest BCUT2D eigenvalue weighted by molar-refractivity contribution is -0.301. The Bertz CT molecular complexity index is 583. The van der Waals surface area contributed by atoms with E-state index in [-0.39, 0.29) is 22.6 Å². The van der Waals surface area contributed by atoms with Crippen molar-refractivity contribution in [3.8, 4) is 0 Å². The largest absolute Gasteiger partial charge is 0.459 e. The van der Waals surface area contributed by atoms with Gasteiger partial charge in [-0.2, -0.15) is 0 Å².